The summed E-state index contributed by atoms with van der Waals surface area (Å²) in [5, 5.41) is 0. The zero-order chi connectivity index (χ0) is 14.0. The Kier molecular flexibility index (Phi) is 8.71. The molecule has 0 fully saturated rings. The highest BCUT2D eigenvalue weighted by Crippen LogP contribution is 2.24. The van der Waals surface area contributed by atoms with Crippen molar-refractivity contribution in [2.75, 3.05) is 13.7 Å². The molecular weight excluding hydrogens is 226 g/mol. The predicted octanol–water partition coefficient (Wildman–Crippen LogP) is 4.24. The first kappa shape index (κ1) is 16.5. The van der Waals surface area contributed by atoms with Gasteiger partial charge in [-0.3, -0.25) is 0 Å². The fourth-order valence-corrected chi connectivity index (χ4v) is 1.49. The molecule has 0 radical (unpaired) electrons. The highest BCUT2D eigenvalue weighted by molar-refractivity contribution is 5.75. The first-order valence-corrected chi connectivity index (χ1v) is 6.61. The minimum atomic E-state index is 0.154. The highest BCUT2D eigenvalue weighted by atomic mass is 16.5. The van der Waals surface area contributed by atoms with Crippen LogP contribution in [0.1, 0.15) is 46.2 Å². The first-order valence-electron chi connectivity index (χ1n) is 6.61. The Hall–Kier alpha value is -1.51. The molecule has 1 aromatic rings. The molecule has 1 atom stereocenters. The molecule has 102 valence electrons. The molecule has 0 aromatic heterocycles. The molecule has 0 aliphatic carbocycles. The van der Waals surface area contributed by atoms with Crippen LogP contribution in [0, 0.1) is 0 Å². The Morgan fingerprint density at radius 2 is 1.67 bits per heavy atom. The monoisotopic (exact) mass is 251 g/mol. The number of ether oxygens (including phenoxy) is 2. The topological polar surface area (TPSA) is 30.8 Å². The third-order valence-corrected chi connectivity index (χ3v) is 2.29. The van der Waals surface area contributed by atoms with Crippen molar-refractivity contribution in [2.45, 2.75) is 40.7 Å². The van der Waals surface area contributed by atoms with Crippen LogP contribution in [0.15, 0.2) is 29.3 Å². The molecule has 0 bridgehead atoms. The largest absolute Gasteiger partial charge is 0.497 e. The van der Waals surface area contributed by atoms with Crippen LogP contribution in [0.3, 0.4) is 0 Å². The molecule has 1 aromatic carbocycles. The Balaban J connectivity index is 0.000000659. The van der Waals surface area contributed by atoms with Gasteiger partial charge in [-0.1, -0.05) is 39.8 Å². The average molecular weight is 251 g/mol. The van der Waals surface area contributed by atoms with Crippen molar-refractivity contribution in [1.29, 1.82) is 0 Å². The molecule has 1 unspecified atom stereocenters. The lowest BCUT2D eigenvalue weighted by Gasteiger charge is -2.06. The minimum absolute atomic E-state index is 0.154. The maximum Gasteiger partial charge on any atom is 0.180 e. The maximum atomic E-state index is 5.30. The van der Waals surface area contributed by atoms with E-state index in [0.29, 0.717) is 6.61 Å². The number of hydrogen-bond donors (Lipinski definition) is 0. The normalized spacial score (nSPS) is 16.3. The van der Waals surface area contributed by atoms with E-state index in [0.717, 1.165) is 11.6 Å². The van der Waals surface area contributed by atoms with Crippen LogP contribution in [0.2, 0.25) is 0 Å². The van der Waals surface area contributed by atoms with E-state index in [4.69, 9.17) is 9.47 Å². The molecule has 1 aliphatic rings. The summed E-state index contributed by atoms with van der Waals surface area (Å²) < 4.78 is 10.4. The van der Waals surface area contributed by atoms with Gasteiger partial charge in [0, 0.05) is 6.92 Å². The van der Waals surface area contributed by atoms with Gasteiger partial charge < -0.3 is 9.47 Å². The van der Waals surface area contributed by atoms with Gasteiger partial charge in [0.15, 0.2) is 5.90 Å². The van der Waals surface area contributed by atoms with Crippen molar-refractivity contribution in [2.24, 2.45) is 4.99 Å². The van der Waals surface area contributed by atoms with Crippen molar-refractivity contribution in [1.82, 2.24) is 0 Å². The van der Waals surface area contributed by atoms with Crippen LogP contribution >= 0.6 is 0 Å². The standard InChI is InChI=1S/C11H13NO2.2C2H6/c1-8-12-11(7-14-8)9-3-5-10(13-2)6-4-9;2*1-2/h3-6,11H,7H2,1-2H3;2*1-2H3. The molecule has 0 spiro atoms. The van der Waals surface area contributed by atoms with Crippen molar-refractivity contribution in [3.05, 3.63) is 29.8 Å². The summed E-state index contributed by atoms with van der Waals surface area (Å²) >= 11 is 0. The number of hydrogen-bond acceptors (Lipinski definition) is 3. The molecule has 0 amide bonds. The van der Waals surface area contributed by atoms with E-state index in [9.17, 15) is 0 Å². The molecular formula is C15H25NO2. The van der Waals surface area contributed by atoms with E-state index >= 15 is 0 Å². The Morgan fingerprint density at radius 3 is 2.06 bits per heavy atom. The summed E-state index contributed by atoms with van der Waals surface area (Å²) in [5.41, 5.74) is 1.17. The summed E-state index contributed by atoms with van der Waals surface area (Å²) in [4.78, 5) is 4.37. The van der Waals surface area contributed by atoms with Gasteiger partial charge in [0.05, 0.1) is 7.11 Å². The van der Waals surface area contributed by atoms with Gasteiger partial charge in [0.25, 0.3) is 0 Å². The fraction of sp³-hybridized carbons (Fsp3) is 0.533. The summed E-state index contributed by atoms with van der Waals surface area (Å²) in [6.45, 7) is 10.5. The van der Waals surface area contributed by atoms with Crippen LogP contribution in [0.25, 0.3) is 0 Å². The lowest BCUT2D eigenvalue weighted by molar-refractivity contribution is 0.317. The number of rotatable bonds is 2. The number of aliphatic imine (C=N–C) groups is 1. The summed E-state index contributed by atoms with van der Waals surface area (Å²) in [6, 6.07) is 8.09. The van der Waals surface area contributed by atoms with Crippen LogP contribution in [0.4, 0.5) is 0 Å². The zero-order valence-corrected chi connectivity index (χ0v) is 12.4. The molecule has 18 heavy (non-hydrogen) atoms. The first-order chi connectivity index (χ1) is 8.79. The van der Waals surface area contributed by atoms with Crippen LogP contribution in [0.5, 0.6) is 5.75 Å². The second-order valence-electron chi connectivity index (χ2n) is 3.25. The van der Waals surface area contributed by atoms with Gasteiger partial charge in [-0.05, 0) is 17.7 Å². The second kappa shape index (κ2) is 9.51. The summed E-state index contributed by atoms with van der Waals surface area (Å²) in [7, 11) is 1.66. The Morgan fingerprint density at radius 1 is 1.11 bits per heavy atom. The lowest BCUT2D eigenvalue weighted by atomic mass is 10.1. The van der Waals surface area contributed by atoms with Gasteiger partial charge in [-0.25, -0.2) is 4.99 Å². The van der Waals surface area contributed by atoms with Crippen LogP contribution in [-0.2, 0) is 4.74 Å². The third-order valence-electron chi connectivity index (χ3n) is 2.29. The van der Waals surface area contributed by atoms with E-state index in [1.54, 1.807) is 7.11 Å². The zero-order valence-electron chi connectivity index (χ0n) is 12.4. The molecule has 0 N–H and O–H groups in total. The van der Waals surface area contributed by atoms with Crippen molar-refractivity contribution in [3.8, 4) is 5.75 Å². The molecule has 3 heteroatoms. The van der Waals surface area contributed by atoms with Crippen molar-refractivity contribution >= 4 is 5.90 Å². The maximum absolute atomic E-state index is 5.30. The van der Waals surface area contributed by atoms with E-state index in [1.165, 1.54) is 5.56 Å². The number of benzene rings is 1. The minimum Gasteiger partial charge on any atom is -0.497 e. The van der Waals surface area contributed by atoms with Crippen LogP contribution in [-0.4, -0.2) is 19.6 Å². The molecule has 1 aliphatic heterocycles. The molecule has 2 rings (SSSR count). The van der Waals surface area contributed by atoms with E-state index in [2.05, 4.69) is 4.99 Å². The van der Waals surface area contributed by atoms with Gasteiger partial charge in [0.1, 0.15) is 18.4 Å². The smallest absolute Gasteiger partial charge is 0.180 e. The molecule has 0 saturated carbocycles. The van der Waals surface area contributed by atoms with Crippen LogP contribution < -0.4 is 4.74 Å². The number of nitrogens with zero attached hydrogens (tertiary/aromatic N) is 1. The van der Waals surface area contributed by atoms with E-state index in [-0.39, 0.29) is 6.04 Å². The third kappa shape index (κ3) is 4.78. The Bertz CT molecular complexity index is 344. The molecule has 1 heterocycles. The fourth-order valence-electron chi connectivity index (χ4n) is 1.49. The van der Waals surface area contributed by atoms with Gasteiger partial charge >= 0.3 is 0 Å². The average Bonchev–Trinajstić information content (AvgIpc) is 2.90. The van der Waals surface area contributed by atoms with E-state index in [1.807, 2.05) is 58.9 Å². The van der Waals surface area contributed by atoms with Gasteiger partial charge in [-0.15, -0.1) is 0 Å². The summed E-state index contributed by atoms with van der Waals surface area (Å²) in [6.07, 6.45) is 0. The predicted molar refractivity (Wildman–Crippen MR) is 77.5 cm³/mol. The molecule has 3 nitrogen and oxygen atoms in total. The quantitative estimate of drug-likeness (QED) is 0.787. The van der Waals surface area contributed by atoms with Crippen molar-refractivity contribution < 1.29 is 9.47 Å². The number of methoxy groups -OCH3 is 1. The van der Waals surface area contributed by atoms with E-state index < -0.39 is 0 Å². The Labute approximate surface area is 111 Å². The highest BCUT2D eigenvalue weighted by Gasteiger charge is 2.17. The van der Waals surface area contributed by atoms with Gasteiger partial charge in [-0.2, -0.15) is 0 Å². The van der Waals surface area contributed by atoms with Crippen molar-refractivity contribution in [3.63, 3.8) is 0 Å². The van der Waals surface area contributed by atoms with Gasteiger partial charge in [0.2, 0.25) is 0 Å². The summed E-state index contributed by atoms with van der Waals surface area (Å²) in [5.74, 6) is 1.64. The second-order valence-corrected chi connectivity index (χ2v) is 3.25. The lowest BCUT2D eigenvalue weighted by Crippen LogP contribution is -1.97. The molecule has 0 saturated heterocycles. The SMILES string of the molecule is CC.CC.COc1ccc(C2COC(C)=N2)cc1.